The number of piperidine rings is 1. The van der Waals surface area contributed by atoms with Crippen molar-refractivity contribution in [2.24, 2.45) is 17.3 Å². The lowest BCUT2D eigenvalue weighted by Gasteiger charge is -2.25. The molecular formula is C14H24N2O. The molecule has 96 valence electrons. The van der Waals surface area contributed by atoms with Gasteiger partial charge in [-0.1, -0.05) is 19.3 Å². The highest BCUT2D eigenvalue weighted by Crippen LogP contribution is 2.58. The van der Waals surface area contributed by atoms with Gasteiger partial charge >= 0.3 is 0 Å². The number of rotatable bonds is 4. The quantitative estimate of drug-likeness (QED) is 0.780. The predicted octanol–water partition coefficient (Wildman–Crippen LogP) is 1.68. The number of hydrogen-bond acceptors (Lipinski definition) is 2. The van der Waals surface area contributed by atoms with Crippen LogP contribution in [0.5, 0.6) is 0 Å². The molecule has 1 saturated heterocycles. The lowest BCUT2D eigenvalue weighted by atomic mass is 9.83. The molecule has 2 aliphatic carbocycles. The highest BCUT2D eigenvalue weighted by atomic mass is 16.2. The molecule has 2 N–H and O–H groups in total. The third-order valence-corrected chi connectivity index (χ3v) is 5.18. The third kappa shape index (κ3) is 2.35. The van der Waals surface area contributed by atoms with Crippen LogP contribution in [0, 0.1) is 17.3 Å². The van der Waals surface area contributed by atoms with Crippen LogP contribution in [0.4, 0.5) is 0 Å². The largest absolute Gasteiger partial charge is 0.356 e. The van der Waals surface area contributed by atoms with Crippen LogP contribution in [-0.4, -0.2) is 25.5 Å². The first-order valence-electron chi connectivity index (χ1n) is 7.29. The molecule has 17 heavy (non-hydrogen) atoms. The zero-order valence-electron chi connectivity index (χ0n) is 10.6. The first-order valence-corrected chi connectivity index (χ1v) is 7.29. The molecule has 3 nitrogen and oxygen atoms in total. The van der Waals surface area contributed by atoms with Crippen molar-refractivity contribution in [3.05, 3.63) is 0 Å². The van der Waals surface area contributed by atoms with E-state index in [4.69, 9.17) is 0 Å². The summed E-state index contributed by atoms with van der Waals surface area (Å²) in [6.07, 6.45) is 8.92. The van der Waals surface area contributed by atoms with E-state index in [2.05, 4.69) is 10.6 Å². The van der Waals surface area contributed by atoms with Crippen molar-refractivity contribution in [3.8, 4) is 0 Å². The molecule has 0 aromatic rings. The van der Waals surface area contributed by atoms with Crippen LogP contribution in [0.1, 0.15) is 44.9 Å². The molecule has 3 heteroatoms. The Morgan fingerprint density at radius 2 is 2.06 bits per heavy atom. The SMILES string of the molecule is O=C(NCCC1CCC1)C1CC12CCNCC2. The van der Waals surface area contributed by atoms with Gasteiger partial charge in [0, 0.05) is 12.5 Å². The molecule has 0 aromatic heterocycles. The van der Waals surface area contributed by atoms with Crippen molar-refractivity contribution in [1.82, 2.24) is 10.6 Å². The van der Waals surface area contributed by atoms with Gasteiger partial charge in [0.15, 0.2) is 0 Å². The Kier molecular flexibility index (Phi) is 3.12. The number of carbonyl (C=O) groups is 1. The summed E-state index contributed by atoms with van der Waals surface area (Å²) in [5.41, 5.74) is 0.395. The van der Waals surface area contributed by atoms with Gasteiger partial charge in [0.25, 0.3) is 0 Å². The molecule has 1 atom stereocenters. The van der Waals surface area contributed by atoms with Gasteiger partial charge in [-0.25, -0.2) is 0 Å². The van der Waals surface area contributed by atoms with Gasteiger partial charge in [0.1, 0.15) is 0 Å². The molecule has 3 aliphatic rings. The molecule has 3 fully saturated rings. The van der Waals surface area contributed by atoms with Crippen molar-refractivity contribution in [3.63, 3.8) is 0 Å². The Hall–Kier alpha value is -0.570. The summed E-state index contributed by atoms with van der Waals surface area (Å²) in [5, 5.41) is 6.54. The van der Waals surface area contributed by atoms with Crippen molar-refractivity contribution >= 4 is 5.91 Å². The summed E-state index contributed by atoms with van der Waals surface area (Å²) in [6, 6.07) is 0. The minimum Gasteiger partial charge on any atom is -0.356 e. The highest BCUT2D eigenvalue weighted by molar-refractivity contribution is 5.82. The van der Waals surface area contributed by atoms with E-state index < -0.39 is 0 Å². The Labute approximate surface area is 104 Å². The maximum Gasteiger partial charge on any atom is 0.223 e. The fraction of sp³-hybridized carbons (Fsp3) is 0.929. The summed E-state index contributed by atoms with van der Waals surface area (Å²) in [4.78, 5) is 12.0. The van der Waals surface area contributed by atoms with Crippen LogP contribution in [-0.2, 0) is 4.79 Å². The van der Waals surface area contributed by atoms with Crippen LogP contribution in [0.25, 0.3) is 0 Å². The van der Waals surface area contributed by atoms with Gasteiger partial charge in [-0.15, -0.1) is 0 Å². The Morgan fingerprint density at radius 1 is 1.29 bits per heavy atom. The molecule has 2 saturated carbocycles. The number of nitrogens with one attached hydrogen (secondary N) is 2. The van der Waals surface area contributed by atoms with E-state index in [-0.39, 0.29) is 0 Å². The number of amides is 1. The van der Waals surface area contributed by atoms with E-state index in [9.17, 15) is 4.79 Å². The van der Waals surface area contributed by atoms with Gasteiger partial charge in [-0.2, -0.15) is 0 Å². The maximum atomic E-state index is 12.0. The van der Waals surface area contributed by atoms with Gasteiger partial charge in [-0.3, -0.25) is 4.79 Å². The summed E-state index contributed by atoms with van der Waals surface area (Å²) in [5.74, 6) is 1.58. The van der Waals surface area contributed by atoms with Gasteiger partial charge in [0.2, 0.25) is 5.91 Å². The average molecular weight is 236 g/mol. The second-order valence-electron chi connectivity index (χ2n) is 6.25. The molecule has 0 aromatic carbocycles. The predicted molar refractivity (Wildman–Crippen MR) is 67.6 cm³/mol. The van der Waals surface area contributed by atoms with E-state index in [1.165, 1.54) is 38.5 Å². The van der Waals surface area contributed by atoms with E-state index in [1.807, 2.05) is 0 Å². The van der Waals surface area contributed by atoms with Crippen LogP contribution in [0.2, 0.25) is 0 Å². The number of carbonyl (C=O) groups excluding carboxylic acids is 1. The standard InChI is InChI=1S/C14H24N2O/c17-13(16-7-4-11-2-1-3-11)12-10-14(12)5-8-15-9-6-14/h11-12,15H,1-10H2,(H,16,17). The van der Waals surface area contributed by atoms with Crippen molar-refractivity contribution < 1.29 is 4.79 Å². The van der Waals surface area contributed by atoms with Crippen molar-refractivity contribution in [2.75, 3.05) is 19.6 Å². The Bertz CT molecular complexity index is 293. The molecule has 1 unspecified atom stereocenters. The van der Waals surface area contributed by atoms with Crippen LogP contribution >= 0.6 is 0 Å². The molecule has 0 radical (unpaired) electrons. The summed E-state index contributed by atoms with van der Waals surface area (Å²) >= 11 is 0. The maximum absolute atomic E-state index is 12.0. The van der Waals surface area contributed by atoms with E-state index in [1.54, 1.807) is 0 Å². The fourth-order valence-electron chi connectivity index (χ4n) is 3.50. The first-order chi connectivity index (χ1) is 8.30. The molecule has 3 rings (SSSR count). The Balaban J connectivity index is 1.38. The van der Waals surface area contributed by atoms with Crippen molar-refractivity contribution in [1.29, 1.82) is 0 Å². The monoisotopic (exact) mass is 236 g/mol. The van der Waals surface area contributed by atoms with Crippen molar-refractivity contribution in [2.45, 2.75) is 44.9 Å². The lowest BCUT2D eigenvalue weighted by molar-refractivity contribution is -0.123. The molecule has 1 heterocycles. The van der Waals surface area contributed by atoms with Gasteiger partial charge in [-0.05, 0) is 50.1 Å². The van der Waals surface area contributed by atoms with Crippen LogP contribution < -0.4 is 10.6 Å². The minimum atomic E-state index is 0.339. The second kappa shape index (κ2) is 4.60. The molecular weight excluding hydrogens is 212 g/mol. The van der Waals surface area contributed by atoms with E-state index in [0.29, 0.717) is 17.2 Å². The summed E-state index contributed by atoms with van der Waals surface area (Å²) < 4.78 is 0. The van der Waals surface area contributed by atoms with Gasteiger partial charge in [0.05, 0.1) is 0 Å². The molecule has 0 bridgehead atoms. The second-order valence-corrected chi connectivity index (χ2v) is 6.25. The smallest absolute Gasteiger partial charge is 0.223 e. The lowest BCUT2D eigenvalue weighted by Crippen LogP contribution is -2.34. The zero-order chi connectivity index (χ0) is 11.7. The highest BCUT2D eigenvalue weighted by Gasteiger charge is 2.57. The van der Waals surface area contributed by atoms with Gasteiger partial charge < -0.3 is 10.6 Å². The Morgan fingerprint density at radius 3 is 2.71 bits per heavy atom. The fourth-order valence-corrected chi connectivity index (χ4v) is 3.50. The minimum absolute atomic E-state index is 0.339. The molecule has 1 spiro atoms. The van der Waals surface area contributed by atoms with E-state index in [0.717, 1.165) is 32.0 Å². The first kappa shape index (κ1) is 11.5. The zero-order valence-corrected chi connectivity index (χ0v) is 10.6. The molecule has 1 amide bonds. The van der Waals surface area contributed by atoms with Crippen LogP contribution in [0.15, 0.2) is 0 Å². The number of hydrogen-bond donors (Lipinski definition) is 2. The normalized spacial score (nSPS) is 30.9. The van der Waals surface area contributed by atoms with E-state index >= 15 is 0 Å². The summed E-state index contributed by atoms with van der Waals surface area (Å²) in [7, 11) is 0. The molecule has 1 aliphatic heterocycles. The third-order valence-electron chi connectivity index (χ3n) is 5.18. The van der Waals surface area contributed by atoms with Crippen LogP contribution in [0.3, 0.4) is 0 Å². The summed E-state index contributed by atoms with van der Waals surface area (Å²) in [6.45, 7) is 3.12. The topological polar surface area (TPSA) is 41.1 Å². The average Bonchev–Trinajstić information content (AvgIpc) is 2.97.